The summed E-state index contributed by atoms with van der Waals surface area (Å²) < 4.78 is 11.1. The molecule has 0 saturated carbocycles. The van der Waals surface area contributed by atoms with Gasteiger partial charge in [-0.15, -0.1) is 0 Å². The van der Waals surface area contributed by atoms with Crippen LogP contribution >= 0.6 is 11.6 Å². The van der Waals surface area contributed by atoms with Gasteiger partial charge in [0, 0.05) is 10.6 Å². The van der Waals surface area contributed by atoms with E-state index in [1.54, 1.807) is 6.07 Å². The van der Waals surface area contributed by atoms with Crippen LogP contribution in [0.2, 0.25) is 5.02 Å². The van der Waals surface area contributed by atoms with E-state index in [-0.39, 0.29) is 0 Å². The van der Waals surface area contributed by atoms with Crippen molar-refractivity contribution in [2.75, 3.05) is 5.73 Å². The summed E-state index contributed by atoms with van der Waals surface area (Å²) in [5.74, 6) is 1.22. The molecule has 0 unspecified atom stereocenters. The molecule has 0 radical (unpaired) electrons. The van der Waals surface area contributed by atoms with E-state index in [1.807, 2.05) is 12.1 Å². The van der Waals surface area contributed by atoms with Gasteiger partial charge in [-0.25, -0.2) is 0 Å². The number of nitrogen functional groups attached to an aromatic ring is 1. The SMILES string of the molecule is Nc1noc2cc(COc3ccc4c(c3)CCCC4)c(Cl)cc12. The van der Waals surface area contributed by atoms with Crippen molar-refractivity contribution in [3.63, 3.8) is 0 Å². The van der Waals surface area contributed by atoms with E-state index in [0.29, 0.717) is 23.0 Å². The number of aromatic nitrogens is 1. The smallest absolute Gasteiger partial charge is 0.174 e. The predicted octanol–water partition coefficient (Wildman–Crippen LogP) is 4.52. The molecular formula is C18H17ClN2O2. The molecule has 118 valence electrons. The van der Waals surface area contributed by atoms with Crippen LogP contribution in [0.3, 0.4) is 0 Å². The summed E-state index contributed by atoms with van der Waals surface area (Å²) in [4.78, 5) is 0. The van der Waals surface area contributed by atoms with E-state index in [0.717, 1.165) is 23.1 Å². The van der Waals surface area contributed by atoms with Crippen LogP contribution in [0.15, 0.2) is 34.9 Å². The Hall–Kier alpha value is -2.20. The van der Waals surface area contributed by atoms with Crippen molar-refractivity contribution in [1.82, 2.24) is 5.16 Å². The van der Waals surface area contributed by atoms with Gasteiger partial charge in [0.25, 0.3) is 0 Å². The first-order chi connectivity index (χ1) is 11.2. The summed E-state index contributed by atoms with van der Waals surface area (Å²) in [6, 6.07) is 9.95. The molecule has 0 spiro atoms. The molecule has 23 heavy (non-hydrogen) atoms. The van der Waals surface area contributed by atoms with Gasteiger partial charge in [-0.1, -0.05) is 22.8 Å². The lowest BCUT2D eigenvalue weighted by molar-refractivity contribution is 0.305. The van der Waals surface area contributed by atoms with Gasteiger partial charge in [0.2, 0.25) is 0 Å². The molecule has 1 aromatic heterocycles. The Morgan fingerprint density at radius 1 is 1.13 bits per heavy atom. The highest BCUT2D eigenvalue weighted by atomic mass is 35.5. The number of nitrogens with zero attached hydrogens (tertiary/aromatic N) is 1. The lowest BCUT2D eigenvalue weighted by Crippen LogP contribution is -2.03. The van der Waals surface area contributed by atoms with Crippen molar-refractivity contribution in [1.29, 1.82) is 0 Å². The Balaban J connectivity index is 1.55. The highest BCUT2D eigenvalue weighted by Gasteiger charge is 2.12. The normalized spacial score (nSPS) is 14.0. The molecule has 0 saturated heterocycles. The summed E-state index contributed by atoms with van der Waals surface area (Å²) in [5.41, 5.74) is 10.1. The third kappa shape index (κ3) is 2.75. The molecule has 0 fully saturated rings. The largest absolute Gasteiger partial charge is 0.489 e. The van der Waals surface area contributed by atoms with E-state index in [9.17, 15) is 0 Å². The van der Waals surface area contributed by atoms with Crippen LogP contribution in [0.5, 0.6) is 5.75 Å². The molecule has 4 rings (SSSR count). The lowest BCUT2D eigenvalue weighted by Gasteiger charge is -2.17. The summed E-state index contributed by atoms with van der Waals surface area (Å²) in [5, 5.41) is 5.08. The van der Waals surface area contributed by atoms with Gasteiger partial charge in [0.1, 0.15) is 12.4 Å². The Labute approximate surface area is 139 Å². The Morgan fingerprint density at radius 3 is 2.83 bits per heavy atom. The monoisotopic (exact) mass is 328 g/mol. The van der Waals surface area contributed by atoms with Gasteiger partial charge < -0.3 is 15.0 Å². The van der Waals surface area contributed by atoms with E-state index >= 15 is 0 Å². The zero-order valence-electron chi connectivity index (χ0n) is 12.6. The third-order valence-electron chi connectivity index (χ3n) is 4.38. The average molecular weight is 329 g/mol. The highest BCUT2D eigenvalue weighted by Crippen LogP contribution is 2.29. The molecule has 2 aromatic carbocycles. The quantitative estimate of drug-likeness (QED) is 0.767. The summed E-state index contributed by atoms with van der Waals surface area (Å²) in [6.45, 7) is 0.383. The van der Waals surface area contributed by atoms with Crippen LogP contribution in [-0.2, 0) is 19.4 Å². The molecule has 4 nitrogen and oxygen atoms in total. The number of rotatable bonds is 3. The van der Waals surface area contributed by atoms with Crippen molar-refractivity contribution in [3.8, 4) is 5.75 Å². The van der Waals surface area contributed by atoms with Crippen molar-refractivity contribution in [3.05, 3.63) is 52.0 Å². The van der Waals surface area contributed by atoms with E-state index in [2.05, 4.69) is 17.3 Å². The zero-order chi connectivity index (χ0) is 15.8. The first-order valence-electron chi connectivity index (χ1n) is 7.78. The summed E-state index contributed by atoms with van der Waals surface area (Å²) >= 11 is 6.31. The number of nitrogens with two attached hydrogens (primary N) is 1. The van der Waals surface area contributed by atoms with Gasteiger partial charge in [-0.05, 0) is 61.1 Å². The Morgan fingerprint density at radius 2 is 1.96 bits per heavy atom. The molecule has 3 aromatic rings. The number of fused-ring (bicyclic) bond motifs is 2. The fourth-order valence-electron chi connectivity index (χ4n) is 3.09. The molecule has 1 heterocycles. The van der Waals surface area contributed by atoms with Crippen molar-refractivity contribution in [2.24, 2.45) is 0 Å². The molecule has 0 bridgehead atoms. The molecule has 5 heteroatoms. The van der Waals surface area contributed by atoms with E-state index in [1.165, 1.54) is 30.4 Å². The fourth-order valence-corrected chi connectivity index (χ4v) is 3.31. The van der Waals surface area contributed by atoms with Gasteiger partial charge in [-0.3, -0.25) is 0 Å². The maximum absolute atomic E-state index is 6.31. The van der Waals surface area contributed by atoms with Crippen molar-refractivity contribution < 1.29 is 9.26 Å². The van der Waals surface area contributed by atoms with Crippen molar-refractivity contribution >= 4 is 28.4 Å². The number of ether oxygens (including phenoxy) is 1. The second kappa shape index (κ2) is 5.78. The number of halogens is 1. The summed E-state index contributed by atoms with van der Waals surface area (Å²) in [7, 11) is 0. The van der Waals surface area contributed by atoms with Crippen LogP contribution in [0, 0.1) is 0 Å². The molecule has 2 N–H and O–H groups in total. The maximum Gasteiger partial charge on any atom is 0.174 e. The molecule has 1 aliphatic rings. The van der Waals surface area contributed by atoms with Crippen molar-refractivity contribution in [2.45, 2.75) is 32.3 Å². The van der Waals surface area contributed by atoms with Crippen LogP contribution in [0.4, 0.5) is 5.82 Å². The minimum atomic E-state index is 0.351. The zero-order valence-corrected chi connectivity index (χ0v) is 13.4. The number of hydrogen-bond donors (Lipinski definition) is 1. The number of benzene rings is 2. The standard InChI is InChI=1S/C18H17ClN2O2/c19-16-9-15-17(23-21-18(15)20)8-13(16)10-22-14-6-5-11-3-1-2-4-12(11)7-14/h5-9H,1-4,10H2,(H2,20,21). The second-order valence-corrected chi connectivity index (χ2v) is 6.34. The van der Waals surface area contributed by atoms with Crippen LogP contribution in [0.1, 0.15) is 29.5 Å². The maximum atomic E-state index is 6.31. The second-order valence-electron chi connectivity index (χ2n) is 5.93. The topological polar surface area (TPSA) is 61.3 Å². The van der Waals surface area contributed by atoms with E-state index < -0.39 is 0 Å². The third-order valence-corrected chi connectivity index (χ3v) is 4.73. The van der Waals surface area contributed by atoms with Gasteiger partial charge >= 0.3 is 0 Å². The van der Waals surface area contributed by atoms with Crippen LogP contribution in [0.25, 0.3) is 11.0 Å². The molecule has 1 aliphatic carbocycles. The minimum Gasteiger partial charge on any atom is -0.489 e. The van der Waals surface area contributed by atoms with E-state index in [4.69, 9.17) is 26.6 Å². The lowest BCUT2D eigenvalue weighted by atomic mass is 9.92. The van der Waals surface area contributed by atoms with Crippen LogP contribution < -0.4 is 10.5 Å². The minimum absolute atomic E-state index is 0.351. The summed E-state index contributed by atoms with van der Waals surface area (Å²) in [6.07, 6.45) is 4.84. The Bertz CT molecular complexity index is 873. The number of anilines is 1. The molecule has 0 amide bonds. The predicted molar refractivity (Wildman–Crippen MR) is 90.8 cm³/mol. The first-order valence-corrected chi connectivity index (χ1v) is 8.16. The number of hydrogen-bond acceptors (Lipinski definition) is 4. The Kier molecular flexibility index (Phi) is 3.62. The van der Waals surface area contributed by atoms with Gasteiger partial charge in [0.15, 0.2) is 11.4 Å². The van der Waals surface area contributed by atoms with Gasteiger partial charge in [-0.2, -0.15) is 0 Å². The fraction of sp³-hybridized carbons (Fsp3) is 0.278. The number of aryl methyl sites for hydroxylation is 2. The molecule has 0 atom stereocenters. The molecule has 0 aliphatic heterocycles. The van der Waals surface area contributed by atoms with Crippen LogP contribution in [-0.4, -0.2) is 5.16 Å². The van der Waals surface area contributed by atoms with Gasteiger partial charge in [0.05, 0.1) is 5.39 Å². The highest BCUT2D eigenvalue weighted by molar-refractivity contribution is 6.32. The molecular weight excluding hydrogens is 312 g/mol. The average Bonchev–Trinajstić information content (AvgIpc) is 2.93. The first kappa shape index (κ1) is 14.4.